The zero-order valence-corrected chi connectivity index (χ0v) is 15.4. The summed E-state index contributed by atoms with van der Waals surface area (Å²) >= 11 is 1.57. The molecule has 3 rings (SSSR count). The highest BCUT2D eigenvalue weighted by atomic mass is 32.1. The molecule has 0 unspecified atom stereocenters. The second kappa shape index (κ2) is 7.49. The molecule has 0 radical (unpaired) electrons. The second-order valence-electron chi connectivity index (χ2n) is 6.45. The Morgan fingerprint density at radius 3 is 2.75 bits per heavy atom. The quantitative estimate of drug-likeness (QED) is 0.770. The van der Waals surface area contributed by atoms with E-state index in [9.17, 15) is 4.79 Å². The molecule has 0 spiro atoms. The van der Waals surface area contributed by atoms with Gasteiger partial charge in [0, 0.05) is 19.0 Å². The minimum atomic E-state index is 0.172. The Hall–Kier alpha value is -1.66. The molecule has 2 aromatic rings. The maximum atomic E-state index is 12.9. The van der Waals surface area contributed by atoms with Gasteiger partial charge in [-0.15, -0.1) is 0 Å². The number of hydrogen-bond acceptors (Lipinski definition) is 5. The maximum Gasteiger partial charge on any atom is 0.231 e. The van der Waals surface area contributed by atoms with Crippen LogP contribution in [-0.2, 0) is 4.79 Å². The van der Waals surface area contributed by atoms with E-state index in [0.29, 0.717) is 13.2 Å². The van der Waals surface area contributed by atoms with E-state index in [0.717, 1.165) is 46.9 Å². The predicted octanol–water partition coefficient (Wildman–Crippen LogP) is 3.39. The summed E-state index contributed by atoms with van der Waals surface area (Å²) in [6.45, 7) is 4.08. The highest BCUT2D eigenvalue weighted by molar-refractivity contribution is 7.22. The molecule has 1 saturated carbocycles. The summed E-state index contributed by atoms with van der Waals surface area (Å²) in [6.07, 6.45) is 3.17. The summed E-state index contributed by atoms with van der Waals surface area (Å²) in [6, 6.07) is 5.96. The van der Waals surface area contributed by atoms with Crippen LogP contribution in [0.2, 0.25) is 0 Å². The Labute approximate surface area is 147 Å². The lowest BCUT2D eigenvalue weighted by Gasteiger charge is -2.30. The Kier molecular flexibility index (Phi) is 5.36. The number of carbonyl (C=O) groups is 1. The minimum Gasteiger partial charge on any atom is -0.492 e. The van der Waals surface area contributed by atoms with Crippen molar-refractivity contribution < 1.29 is 9.53 Å². The van der Waals surface area contributed by atoms with Crippen LogP contribution < -0.4 is 9.64 Å². The molecule has 0 aliphatic heterocycles. The van der Waals surface area contributed by atoms with Gasteiger partial charge in [-0.25, -0.2) is 4.98 Å². The number of fused-ring (bicyclic) bond motifs is 1. The van der Waals surface area contributed by atoms with Crippen LogP contribution in [-0.4, -0.2) is 49.6 Å². The number of amides is 1. The smallest absolute Gasteiger partial charge is 0.231 e. The molecule has 1 aliphatic rings. The molecule has 1 fully saturated rings. The van der Waals surface area contributed by atoms with Gasteiger partial charge in [-0.2, -0.15) is 0 Å². The number of thiazole rings is 1. The van der Waals surface area contributed by atoms with Gasteiger partial charge < -0.3 is 9.64 Å². The lowest BCUT2D eigenvalue weighted by atomic mass is 9.84. The van der Waals surface area contributed by atoms with Gasteiger partial charge in [-0.3, -0.25) is 9.69 Å². The third-order valence-electron chi connectivity index (χ3n) is 4.39. The molecule has 6 heteroatoms. The molecular formula is C18H25N3O2S. The number of rotatable bonds is 7. The van der Waals surface area contributed by atoms with Gasteiger partial charge in [0.15, 0.2) is 5.13 Å². The Balaban J connectivity index is 1.92. The molecule has 1 aromatic carbocycles. The fourth-order valence-corrected chi connectivity index (χ4v) is 3.79. The molecule has 130 valence electrons. The number of benzene rings is 1. The van der Waals surface area contributed by atoms with Crippen molar-refractivity contribution in [2.75, 3.05) is 38.7 Å². The first-order valence-corrected chi connectivity index (χ1v) is 9.40. The van der Waals surface area contributed by atoms with Gasteiger partial charge in [-0.05, 0) is 46.0 Å². The molecular weight excluding hydrogens is 322 g/mol. The molecule has 1 amide bonds. The zero-order chi connectivity index (χ0) is 17.1. The lowest BCUT2D eigenvalue weighted by molar-refractivity contribution is -0.124. The van der Waals surface area contributed by atoms with Crippen molar-refractivity contribution in [3.8, 4) is 5.75 Å². The predicted molar refractivity (Wildman–Crippen MR) is 99.0 cm³/mol. The number of para-hydroxylation sites is 1. The van der Waals surface area contributed by atoms with Crippen molar-refractivity contribution in [2.24, 2.45) is 5.92 Å². The van der Waals surface area contributed by atoms with Gasteiger partial charge >= 0.3 is 0 Å². The number of nitrogens with zero attached hydrogens (tertiary/aromatic N) is 3. The summed E-state index contributed by atoms with van der Waals surface area (Å²) in [7, 11) is 4.05. The summed E-state index contributed by atoms with van der Waals surface area (Å²) in [5.41, 5.74) is 0.857. The van der Waals surface area contributed by atoms with E-state index in [1.54, 1.807) is 11.3 Å². The molecule has 0 atom stereocenters. The van der Waals surface area contributed by atoms with Crippen LogP contribution in [0.15, 0.2) is 18.2 Å². The van der Waals surface area contributed by atoms with Crippen molar-refractivity contribution in [1.29, 1.82) is 0 Å². The monoisotopic (exact) mass is 347 g/mol. The van der Waals surface area contributed by atoms with Crippen LogP contribution in [0.3, 0.4) is 0 Å². The average molecular weight is 347 g/mol. The van der Waals surface area contributed by atoms with Crippen LogP contribution in [0.1, 0.15) is 26.2 Å². The van der Waals surface area contributed by atoms with Crippen LogP contribution in [0.5, 0.6) is 5.75 Å². The largest absolute Gasteiger partial charge is 0.492 e. The van der Waals surface area contributed by atoms with Crippen LogP contribution in [0, 0.1) is 5.92 Å². The number of likely N-dealkylation sites (N-methyl/N-ethyl adjacent to an activating group) is 1. The second-order valence-corrected chi connectivity index (χ2v) is 7.46. The maximum absolute atomic E-state index is 12.9. The van der Waals surface area contributed by atoms with Gasteiger partial charge in [0.1, 0.15) is 11.3 Å². The van der Waals surface area contributed by atoms with Gasteiger partial charge in [0.05, 0.1) is 11.3 Å². The Bertz CT molecular complexity index is 709. The topological polar surface area (TPSA) is 45.7 Å². The number of anilines is 1. The third kappa shape index (κ3) is 3.54. The summed E-state index contributed by atoms with van der Waals surface area (Å²) < 4.78 is 6.75. The first-order valence-electron chi connectivity index (χ1n) is 8.58. The standard InChI is InChI=1S/C18H25N3O2S/c1-4-23-14-9-6-10-15-16(14)19-18(24-15)21(12-11-20(2)3)17(22)13-7-5-8-13/h6,9-10,13H,4-5,7-8,11-12H2,1-3H3. The summed E-state index contributed by atoms with van der Waals surface area (Å²) in [5, 5.41) is 0.788. The summed E-state index contributed by atoms with van der Waals surface area (Å²) in [4.78, 5) is 21.6. The van der Waals surface area contributed by atoms with Crippen molar-refractivity contribution in [1.82, 2.24) is 9.88 Å². The average Bonchev–Trinajstić information content (AvgIpc) is 2.90. The SMILES string of the molecule is CCOc1cccc2sc(N(CCN(C)C)C(=O)C3CCC3)nc12. The van der Waals surface area contributed by atoms with Crippen molar-refractivity contribution in [3.63, 3.8) is 0 Å². The molecule has 5 nitrogen and oxygen atoms in total. The normalized spacial score (nSPS) is 14.8. The fourth-order valence-electron chi connectivity index (χ4n) is 2.77. The van der Waals surface area contributed by atoms with E-state index in [-0.39, 0.29) is 11.8 Å². The van der Waals surface area contributed by atoms with Crippen LogP contribution >= 0.6 is 11.3 Å². The Morgan fingerprint density at radius 1 is 1.33 bits per heavy atom. The molecule has 0 bridgehead atoms. The van der Waals surface area contributed by atoms with Crippen molar-refractivity contribution >= 4 is 32.6 Å². The van der Waals surface area contributed by atoms with E-state index >= 15 is 0 Å². The fraction of sp³-hybridized carbons (Fsp3) is 0.556. The van der Waals surface area contributed by atoms with E-state index in [2.05, 4.69) is 4.90 Å². The van der Waals surface area contributed by atoms with Crippen molar-refractivity contribution in [3.05, 3.63) is 18.2 Å². The van der Waals surface area contributed by atoms with Gasteiger partial charge in [-0.1, -0.05) is 23.8 Å². The number of hydrogen-bond donors (Lipinski definition) is 0. The van der Waals surface area contributed by atoms with E-state index < -0.39 is 0 Å². The molecule has 1 aromatic heterocycles. The van der Waals surface area contributed by atoms with Gasteiger partial charge in [0.25, 0.3) is 0 Å². The zero-order valence-electron chi connectivity index (χ0n) is 14.6. The molecule has 0 N–H and O–H groups in total. The number of carbonyl (C=O) groups excluding carboxylic acids is 1. The molecule has 0 saturated heterocycles. The van der Waals surface area contributed by atoms with Crippen LogP contribution in [0.25, 0.3) is 10.2 Å². The molecule has 1 heterocycles. The first kappa shape index (κ1) is 17.2. The lowest BCUT2D eigenvalue weighted by Crippen LogP contribution is -2.42. The molecule has 24 heavy (non-hydrogen) atoms. The minimum absolute atomic E-state index is 0.172. The highest BCUT2D eigenvalue weighted by Gasteiger charge is 2.31. The van der Waals surface area contributed by atoms with Gasteiger partial charge in [0.2, 0.25) is 5.91 Å². The van der Waals surface area contributed by atoms with Crippen LogP contribution in [0.4, 0.5) is 5.13 Å². The third-order valence-corrected chi connectivity index (χ3v) is 5.44. The number of ether oxygens (including phenoxy) is 1. The van der Waals surface area contributed by atoms with E-state index in [4.69, 9.17) is 9.72 Å². The van der Waals surface area contributed by atoms with Crippen molar-refractivity contribution in [2.45, 2.75) is 26.2 Å². The van der Waals surface area contributed by atoms with E-state index in [1.807, 2.05) is 44.1 Å². The van der Waals surface area contributed by atoms with E-state index in [1.165, 1.54) is 0 Å². The molecule has 1 aliphatic carbocycles. The Morgan fingerprint density at radius 2 is 2.12 bits per heavy atom. The highest BCUT2D eigenvalue weighted by Crippen LogP contribution is 2.36. The summed E-state index contributed by atoms with van der Waals surface area (Å²) in [5.74, 6) is 1.19. The first-order chi connectivity index (χ1) is 11.6. The number of aromatic nitrogens is 1.